The number of sulfone groups is 1. The summed E-state index contributed by atoms with van der Waals surface area (Å²) in [5.74, 6) is -0.332. The van der Waals surface area contributed by atoms with E-state index in [2.05, 4.69) is 0 Å². The van der Waals surface area contributed by atoms with Gasteiger partial charge in [-0.15, -0.1) is 0 Å². The van der Waals surface area contributed by atoms with Gasteiger partial charge in [0.05, 0.1) is 16.4 Å². The van der Waals surface area contributed by atoms with Gasteiger partial charge in [0.2, 0.25) is 0 Å². The summed E-state index contributed by atoms with van der Waals surface area (Å²) >= 11 is 0. The van der Waals surface area contributed by atoms with Crippen LogP contribution in [0, 0.1) is 10.1 Å². The molecule has 1 saturated heterocycles. The summed E-state index contributed by atoms with van der Waals surface area (Å²) in [4.78, 5) is 24.1. The molecule has 1 aliphatic rings. The van der Waals surface area contributed by atoms with Gasteiger partial charge in [-0.2, -0.15) is 0 Å². The monoisotopic (exact) mass is 312 g/mol. The first kappa shape index (κ1) is 15.4. The van der Waals surface area contributed by atoms with Crippen LogP contribution in [-0.4, -0.2) is 48.2 Å². The van der Waals surface area contributed by atoms with Crippen LogP contribution in [-0.2, 0) is 9.84 Å². The van der Waals surface area contributed by atoms with E-state index >= 15 is 0 Å². The maximum absolute atomic E-state index is 12.5. The fourth-order valence-corrected chi connectivity index (χ4v) is 4.24. The molecule has 7 nitrogen and oxygen atoms in total. The third-order valence-electron chi connectivity index (χ3n) is 3.55. The Hall–Kier alpha value is -1.96. The first-order valence-electron chi connectivity index (χ1n) is 6.60. The van der Waals surface area contributed by atoms with Crippen molar-refractivity contribution >= 4 is 21.4 Å². The second kappa shape index (κ2) is 5.80. The third kappa shape index (κ3) is 3.38. The number of carbonyl (C=O) groups excluding carboxylic acids is 1. The van der Waals surface area contributed by atoms with Crippen LogP contribution in [0.4, 0.5) is 5.69 Å². The molecule has 21 heavy (non-hydrogen) atoms. The lowest BCUT2D eigenvalue weighted by molar-refractivity contribution is -0.384. The highest BCUT2D eigenvalue weighted by atomic mass is 32.2. The fourth-order valence-electron chi connectivity index (χ4n) is 2.51. The second-order valence-electron chi connectivity index (χ2n) is 4.96. The topological polar surface area (TPSA) is 97.6 Å². The van der Waals surface area contributed by atoms with Crippen LogP contribution in [0.15, 0.2) is 24.3 Å². The van der Waals surface area contributed by atoms with E-state index in [1.54, 1.807) is 6.92 Å². The minimum atomic E-state index is -3.09. The molecule has 1 aliphatic heterocycles. The molecule has 0 aromatic heterocycles. The number of nitro benzene ring substituents is 1. The van der Waals surface area contributed by atoms with Crippen molar-refractivity contribution in [3.05, 3.63) is 39.9 Å². The van der Waals surface area contributed by atoms with Crippen LogP contribution >= 0.6 is 0 Å². The van der Waals surface area contributed by atoms with Crippen LogP contribution in [0.2, 0.25) is 0 Å². The van der Waals surface area contributed by atoms with Gasteiger partial charge in [0.15, 0.2) is 9.84 Å². The van der Waals surface area contributed by atoms with Gasteiger partial charge in [0.1, 0.15) is 0 Å². The van der Waals surface area contributed by atoms with Gasteiger partial charge in [-0.3, -0.25) is 14.9 Å². The van der Waals surface area contributed by atoms with Crippen molar-refractivity contribution in [1.29, 1.82) is 0 Å². The molecule has 8 heteroatoms. The molecule has 1 aromatic rings. The van der Waals surface area contributed by atoms with Crippen LogP contribution in [0.5, 0.6) is 0 Å². The van der Waals surface area contributed by atoms with Crippen molar-refractivity contribution in [3.63, 3.8) is 0 Å². The van der Waals surface area contributed by atoms with E-state index in [0.717, 1.165) is 0 Å². The number of amides is 1. The Morgan fingerprint density at radius 1 is 1.48 bits per heavy atom. The lowest BCUT2D eigenvalue weighted by Crippen LogP contribution is -2.40. The molecule has 1 amide bonds. The molecule has 0 bridgehead atoms. The molecule has 0 N–H and O–H groups in total. The summed E-state index contributed by atoms with van der Waals surface area (Å²) in [7, 11) is -3.09. The zero-order valence-corrected chi connectivity index (χ0v) is 12.4. The highest BCUT2D eigenvalue weighted by molar-refractivity contribution is 7.91. The zero-order chi connectivity index (χ0) is 15.6. The Bertz CT molecular complexity index is 671. The predicted molar refractivity (Wildman–Crippen MR) is 76.9 cm³/mol. The number of rotatable bonds is 4. The number of carbonyl (C=O) groups is 1. The van der Waals surface area contributed by atoms with Gasteiger partial charge >= 0.3 is 0 Å². The normalized spacial score (nSPS) is 20.1. The van der Waals surface area contributed by atoms with Crippen LogP contribution in [0.1, 0.15) is 23.7 Å². The average Bonchev–Trinajstić information content (AvgIpc) is 2.79. The molecule has 0 radical (unpaired) electrons. The van der Waals surface area contributed by atoms with Gasteiger partial charge in [-0.25, -0.2) is 8.42 Å². The van der Waals surface area contributed by atoms with E-state index in [0.29, 0.717) is 13.0 Å². The Morgan fingerprint density at radius 3 is 2.71 bits per heavy atom. The van der Waals surface area contributed by atoms with Crippen molar-refractivity contribution in [2.24, 2.45) is 0 Å². The Morgan fingerprint density at radius 2 is 2.19 bits per heavy atom. The molecular formula is C13H16N2O5S. The first-order valence-corrected chi connectivity index (χ1v) is 8.42. The lowest BCUT2D eigenvalue weighted by Gasteiger charge is -2.26. The molecule has 0 spiro atoms. The van der Waals surface area contributed by atoms with Crippen molar-refractivity contribution in [3.8, 4) is 0 Å². The SMILES string of the molecule is CCN(C(=O)c1cccc([N+](=O)[O-])c1)[C@@H]1CCS(=O)(=O)C1. The summed E-state index contributed by atoms with van der Waals surface area (Å²) in [5, 5.41) is 10.8. The molecule has 1 heterocycles. The van der Waals surface area contributed by atoms with Crippen LogP contribution in [0.3, 0.4) is 0 Å². The van der Waals surface area contributed by atoms with Crippen LogP contribution in [0.25, 0.3) is 0 Å². The van der Waals surface area contributed by atoms with Gasteiger partial charge in [-0.1, -0.05) is 6.07 Å². The maximum atomic E-state index is 12.5. The summed E-state index contributed by atoms with van der Waals surface area (Å²) in [6.45, 7) is 2.13. The maximum Gasteiger partial charge on any atom is 0.270 e. The van der Waals surface area contributed by atoms with Gasteiger partial charge in [0, 0.05) is 30.3 Å². The molecule has 114 valence electrons. The quantitative estimate of drug-likeness (QED) is 0.615. The average molecular weight is 312 g/mol. The Labute approximate surface area is 122 Å². The summed E-state index contributed by atoms with van der Waals surface area (Å²) in [5.41, 5.74) is 0.0475. The first-order chi connectivity index (χ1) is 9.84. The highest BCUT2D eigenvalue weighted by Gasteiger charge is 2.34. The highest BCUT2D eigenvalue weighted by Crippen LogP contribution is 2.21. The summed E-state index contributed by atoms with van der Waals surface area (Å²) in [6, 6.07) is 5.12. The molecule has 1 aromatic carbocycles. The Balaban J connectivity index is 2.25. The predicted octanol–water partition coefficient (Wildman–Crippen LogP) is 1.24. The molecule has 0 aliphatic carbocycles. The molecule has 1 fully saturated rings. The minimum Gasteiger partial charge on any atom is -0.335 e. The number of nitro groups is 1. The molecule has 2 rings (SSSR count). The Kier molecular flexibility index (Phi) is 4.26. The largest absolute Gasteiger partial charge is 0.335 e. The van der Waals surface area contributed by atoms with Crippen LogP contribution < -0.4 is 0 Å². The third-order valence-corrected chi connectivity index (χ3v) is 5.30. The van der Waals surface area contributed by atoms with E-state index in [9.17, 15) is 23.3 Å². The van der Waals surface area contributed by atoms with Gasteiger partial charge < -0.3 is 4.90 Å². The standard InChI is InChI=1S/C13H16N2O5S/c1-2-14(12-6-7-21(19,20)9-12)13(16)10-4-3-5-11(8-10)15(17)18/h3-5,8,12H,2,6-7,9H2,1H3/t12-/m1/s1. The number of hydrogen-bond donors (Lipinski definition) is 0. The van der Waals surface area contributed by atoms with Gasteiger partial charge in [0.25, 0.3) is 11.6 Å². The van der Waals surface area contributed by atoms with E-state index in [4.69, 9.17) is 0 Å². The van der Waals surface area contributed by atoms with Crippen molar-refractivity contribution in [2.45, 2.75) is 19.4 Å². The van der Waals surface area contributed by atoms with E-state index in [1.165, 1.54) is 29.2 Å². The smallest absolute Gasteiger partial charge is 0.270 e. The molecule has 0 unspecified atom stereocenters. The molecular weight excluding hydrogens is 296 g/mol. The van der Waals surface area contributed by atoms with E-state index in [-0.39, 0.29) is 34.7 Å². The second-order valence-corrected chi connectivity index (χ2v) is 7.18. The van der Waals surface area contributed by atoms with Crippen molar-refractivity contribution < 1.29 is 18.1 Å². The van der Waals surface area contributed by atoms with Crippen molar-refractivity contribution in [1.82, 2.24) is 4.90 Å². The van der Waals surface area contributed by atoms with E-state index < -0.39 is 14.8 Å². The van der Waals surface area contributed by atoms with Crippen molar-refractivity contribution in [2.75, 3.05) is 18.1 Å². The summed E-state index contributed by atoms with van der Waals surface area (Å²) < 4.78 is 23.1. The molecule has 1 atom stereocenters. The lowest BCUT2D eigenvalue weighted by atomic mass is 10.1. The summed E-state index contributed by atoms with van der Waals surface area (Å²) in [6.07, 6.45) is 0.414. The number of nitrogens with zero attached hydrogens (tertiary/aromatic N) is 2. The zero-order valence-electron chi connectivity index (χ0n) is 11.6. The minimum absolute atomic E-state index is 0.0402. The van der Waals surface area contributed by atoms with E-state index in [1.807, 2.05) is 0 Å². The number of benzene rings is 1. The number of non-ortho nitro benzene ring substituents is 1. The van der Waals surface area contributed by atoms with Gasteiger partial charge in [-0.05, 0) is 19.4 Å². The molecule has 0 saturated carbocycles. The fraction of sp³-hybridized carbons (Fsp3) is 0.462. The number of hydrogen-bond acceptors (Lipinski definition) is 5.